The zero-order chi connectivity index (χ0) is 16.3. The van der Waals surface area contributed by atoms with Crippen molar-refractivity contribution in [3.8, 4) is 0 Å². The topological polar surface area (TPSA) is 66.6 Å². The summed E-state index contributed by atoms with van der Waals surface area (Å²) in [6.07, 6.45) is 0. The Hall–Kier alpha value is -1.01. The van der Waals surface area contributed by atoms with Crippen LogP contribution in [0.4, 0.5) is 0 Å². The van der Waals surface area contributed by atoms with E-state index in [2.05, 4.69) is 0 Å². The van der Waals surface area contributed by atoms with Gasteiger partial charge in [0, 0.05) is 38.6 Å². The van der Waals surface area contributed by atoms with E-state index in [1.165, 1.54) is 0 Å². The molecule has 5 nitrogen and oxygen atoms in total. The maximum absolute atomic E-state index is 12.5. The molecular formula is C15H20Cl3N3O2. The second-order valence-electron chi connectivity index (χ2n) is 5.35. The van der Waals surface area contributed by atoms with E-state index in [4.69, 9.17) is 28.9 Å². The minimum absolute atomic E-state index is 0. The number of carbonyl (C=O) groups is 2. The third-order valence-electron chi connectivity index (χ3n) is 3.83. The van der Waals surface area contributed by atoms with Crippen molar-refractivity contribution in [2.24, 2.45) is 11.7 Å². The van der Waals surface area contributed by atoms with Crippen LogP contribution in [0.25, 0.3) is 0 Å². The predicted molar refractivity (Wildman–Crippen MR) is 94.4 cm³/mol. The highest BCUT2D eigenvalue weighted by molar-refractivity contribution is 6.39. The molecule has 1 aromatic carbocycles. The largest absolute Gasteiger partial charge is 0.339 e. The molecule has 128 valence electrons. The van der Waals surface area contributed by atoms with Crippen molar-refractivity contribution in [3.05, 3.63) is 33.8 Å². The quantitative estimate of drug-likeness (QED) is 0.875. The molecule has 2 N–H and O–H groups in total. The highest BCUT2D eigenvalue weighted by Crippen LogP contribution is 2.26. The highest BCUT2D eigenvalue weighted by atomic mass is 35.5. The van der Waals surface area contributed by atoms with Crippen LogP contribution in [0.2, 0.25) is 10.0 Å². The summed E-state index contributed by atoms with van der Waals surface area (Å²) in [7, 11) is 0. The molecule has 0 aromatic heterocycles. The van der Waals surface area contributed by atoms with Crippen LogP contribution in [0.3, 0.4) is 0 Å². The fraction of sp³-hybridized carbons (Fsp3) is 0.467. The van der Waals surface area contributed by atoms with Gasteiger partial charge < -0.3 is 15.5 Å². The Labute approximate surface area is 152 Å². The van der Waals surface area contributed by atoms with Crippen molar-refractivity contribution in [2.45, 2.75) is 6.92 Å². The van der Waals surface area contributed by atoms with Gasteiger partial charge in [0.1, 0.15) is 0 Å². The second kappa shape index (κ2) is 8.73. The standard InChI is InChI=1S/C15H19Cl2N3O2.ClH/c1-10(9-18)14(21)19-5-7-20(8-6-19)15(22)13-11(16)3-2-4-12(13)17;/h2-4,10H,5-9,18H2,1H3;1H. The Morgan fingerprint density at radius 3 is 2.09 bits per heavy atom. The third-order valence-corrected chi connectivity index (χ3v) is 4.46. The summed E-state index contributed by atoms with van der Waals surface area (Å²) < 4.78 is 0. The second-order valence-corrected chi connectivity index (χ2v) is 6.17. The number of nitrogens with zero attached hydrogens (tertiary/aromatic N) is 2. The van der Waals surface area contributed by atoms with Gasteiger partial charge in [-0.15, -0.1) is 12.4 Å². The maximum atomic E-state index is 12.5. The van der Waals surface area contributed by atoms with Gasteiger partial charge in [-0.25, -0.2) is 0 Å². The van der Waals surface area contributed by atoms with Crippen molar-refractivity contribution in [1.29, 1.82) is 0 Å². The van der Waals surface area contributed by atoms with Crippen molar-refractivity contribution in [1.82, 2.24) is 9.80 Å². The molecule has 1 heterocycles. The first-order valence-corrected chi connectivity index (χ1v) is 7.93. The van der Waals surface area contributed by atoms with Crippen LogP contribution in [0.15, 0.2) is 18.2 Å². The molecule has 0 aliphatic carbocycles. The normalized spacial score (nSPS) is 15.8. The molecule has 0 saturated carbocycles. The van der Waals surface area contributed by atoms with Crippen molar-refractivity contribution >= 4 is 47.4 Å². The molecular weight excluding hydrogens is 361 g/mol. The van der Waals surface area contributed by atoms with Crippen LogP contribution in [0, 0.1) is 5.92 Å². The van der Waals surface area contributed by atoms with E-state index < -0.39 is 0 Å². The summed E-state index contributed by atoms with van der Waals surface area (Å²) in [5, 5.41) is 0.681. The van der Waals surface area contributed by atoms with Crippen LogP contribution in [0.1, 0.15) is 17.3 Å². The average Bonchev–Trinajstić information content (AvgIpc) is 2.53. The van der Waals surface area contributed by atoms with Gasteiger partial charge in [0.05, 0.1) is 15.6 Å². The van der Waals surface area contributed by atoms with Crippen LogP contribution < -0.4 is 5.73 Å². The molecule has 0 bridgehead atoms. The van der Waals surface area contributed by atoms with Crippen molar-refractivity contribution < 1.29 is 9.59 Å². The van der Waals surface area contributed by atoms with Gasteiger partial charge in [0.25, 0.3) is 5.91 Å². The smallest absolute Gasteiger partial charge is 0.257 e. The number of rotatable bonds is 3. The number of carbonyl (C=O) groups excluding carboxylic acids is 2. The molecule has 1 unspecified atom stereocenters. The summed E-state index contributed by atoms with van der Waals surface area (Å²) in [5.41, 5.74) is 5.84. The molecule has 23 heavy (non-hydrogen) atoms. The predicted octanol–water partition coefficient (Wildman–Crippen LogP) is 2.29. The van der Waals surface area contributed by atoms with Gasteiger partial charge in [-0.05, 0) is 12.1 Å². The number of benzene rings is 1. The van der Waals surface area contributed by atoms with E-state index in [1.54, 1.807) is 28.0 Å². The lowest BCUT2D eigenvalue weighted by Crippen LogP contribution is -2.52. The summed E-state index contributed by atoms with van der Waals surface area (Å²) in [4.78, 5) is 28.0. The Bertz CT molecular complexity index is 555. The van der Waals surface area contributed by atoms with E-state index in [0.29, 0.717) is 48.3 Å². The Morgan fingerprint density at radius 2 is 1.61 bits per heavy atom. The first-order chi connectivity index (χ1) is 10.5. The third kappa shape index (κ3) is 4.51. The number of nitrogens with two attached hydrogens (primary N) is 1. The lowest BCUT2D eigenvalue weighted by Gasteiger charge is -2.36. The summed E-state index contributed by atoms with van der Waals surface area (Å²) in [6, 6.07) is 4.99. The molecule has 0 radical (unpaired) electrons. The van der Waals surface area contributed by atoms with Crippen molar-refractivity contribution in [3.63, 3.8) is 0 Å². The molecule has 1 aliphatic heterocycles. The number of hydrogen-bond donors (Lipinski definition) is 1. The van der Waals surface area contributed by atoms with E-state index >= 15 is 0 Å². The molecule has 0 spiro atoms. The number of piperazine rings is 1. The lowest BCUT2D eigenvalue weighted by molar-refractivity contribution is -0.136. The van der Waals surface area contributed by atoms with E-state index in [0.717, 1.165) is 0 Å². The first-order valence-electron chi connectivity index (χ1n) is 7.17. The van der Waals surface area contributed by atoms with Crippen LogP contribution in [-0.4, -0.2) is 54.3 Å². The molecule has 2 rings (SSSR count). The first kappa shape index (κ1) is 20.0. The molecule has 1 aromatic rings. The fourth-order valence-electron chi connectivity index (χ4n) is 2.40. The van der Waals surface area contributed by atoms with Gasteiger partial charge in [0.2, 0.25) is 5.91 Å². The Balaban J connectivity index is 0.00000264. The molecule has 1 aliphatic rings. The summed E-state index contributed by atoms with van der Waals surface area (Å²) in [5.74, 6) is -0.361. The van der Waals surface area contributed by atoms with Crippen molar-refractivity contribution in [2.75, 3.05) is 32.7 Å². The van der Waals surface area contributed by atoms with Crippen LogP contribution >= 0.6 is 35.6 Å². The van der Waals surface area contributed by atoms with E-state index in [9.17, 15) is 9.59 Å². The molecule has 2 amide bonds. The van der Waals surface area contributed by atoms with Gasteiger partial charge >= 0.3 is 0 Å². The number of amides is 2. The zero-order valence-electron chi connectivity index (χ0n) is 12.8. The molecule has 1 fully saturated rings. The molecule has 1 atom stereocenters. The Kier molecular flexibility index (Phi) is 7.61. The van der Waals surface area contributed by atoms with Gasteiger partial charge in [-0.3, -0.25) is 9.59 Å². The Morgan fingerprint density at radius 1 is 1.13 bits per heavy atom. The minimum atomic E-state index is -0.199. The van der Waals surface area contributed by atoms with Crippen LogP contribution in [-0.2, 0) is 4.79 Å². The number of halogens is 3. The van der Waals surface area contributed by atoms with E-state index in [1.807, 2.05) is 6.92 Å². The number of hydrogen-bond acceptors (Lipinski definition) is 3. The zero-order valence-corrected chi connectivity index (χ0v) is 15.1. The molecule has 1 saturated heterocycles. The maximum Gasteiger partial charge on any atom is 0.257 e. The van der Waals surface area contributed by atoms with Crippen LogP contribution in [0.5, 0.6) is 0 Å². The van der Waals surface area contributed by atoms with Gasteiger partial charge in [-0.2, -0.15) is 0 Å². The average molecular weight is 381 g/mol. The fourth-order valence-corrected chi connectivity index (χ4v) is 2.96. The molecule has 8 heteroatoms. The minimum Gasteiger partial charge on any atom is -0.339 e. The monoisotopic (exact) mass is 379 g/mol. The summed E-state index contributed by atoms with van der Waals surface area (Å²) >= 11 is 12.1. The van der Waals surface area contributed by atoms with Gasteiger partial charge in [0.15, 0.2) is 0 Å². The van der Waals surface area contributed by atoms with E-state index in [-0.39, 0.29) is 30.1 Å². The SMILES string of the molecule is CC(CN)C(=O)N1CCN(C(=O)c2c(Cl)cccc2Cl)CC1.Cl. The lowest BCUT2D eigenvalue weighted by atomic mass is 10.1. The highest BCUT2D eigenvalue weighted by Gasteiger charge is 2.28. The summed E-state index contributed by atoms with van der Waals surface area (Å²) in [6.45, 7) is 4.05. The van der Waals surface area contributed by atoms with Gasteiger partial charge in [-0.1, -0.05) is 36.2 Å².